The van der Waals surface area contributed by atoms with Crippen LogP contribution in [0.3, 0.4) is 0 Å². The van der Waals surface area contributed by atoms with E-state index >= 15 is 0 Å². The number of nitrogens with zero attached hydrogens (tertiary/aromatic N) is 2. The summed E-state index contributed by atoms with van der Waals surface area (Å²) in [5.41, 5.74) is 1.74. The van der Waals surface area contributed by atoms with Crippen LogP contribution in [0.1, 0.15) is 65.5 Å². The molecule has 0 radical (unpaired) electrons. The molecule has 2 rings (SSSR count). The van der Waals surface area contributed by atoms with Gasteiger partial charge >= 0.3 is 6.09 Å². The molecule has 7 nitrogen and oxygen atoms in total. The number of benzene rings is 1. The Morgan fingerprint density at radius 1 is 1.17 bits per heavy atom. The molecule has 0 saturated heterocycles. The van der Waals surface area contributed by atoms with E-state index in [0.717, 1.165) is 17.1 Å². The first-order chi connectivity index (χ1) is 13.8. The van der Waals surface area contributed by atoms with Crippen LogP contribution in [0.4, 0.5) is 4.79 Å². The molecule has 0 bridgehead atoms. The molecule has 1 heterocycles. The maximum Gasteiger partial charge on any atom is 0.407 e. The number of aromatic nitrogens is 2. The van der Waals surface area contributed by atoms with Gasteiger partial charge in [0.2, 0.25) is 0 Å². The molecule has 0 fully saturated rings. The average molecular weight is 418 g/mol. The Hall–Kier alpha value is -2.38. The number of imidazole rings is 1. The second-order valence-electron chi connectivity index (χ2n) is 9.64. The predicted octanol–water partition coefficient (Wildman–Crippen LogP) is 3.69. The van der Waals surface area contributed by atoms with Crippen molar-refractivity contribution >= 4 is 6.09 Å². The van der Waals surface area contributed by atoms with Gasteiger partial charge in [0, 0.05) is 30.8 Å². The van der Waals surface area contributed by atoms with Gasteiger partial charge in [0.15, 0.2) is 0 Å². The van der Waals surface area contributed by atoms with Crippen molar-refractivity contribution in [3.63, 3.8) is 0 Å². The van der Waals surface area contributed by atoms with E-state index in [1.165, 1.54) is 0 Å². The van der Waals surface area contributed by atoms with E-state index in [0.29, 0.717) is 5.56 Å². The van der Waals surface area contributed by atoms with Crippen LogP contribution in [0.5, 0.6) is 0 Å². The molecule has 0 aliphatic carbocycles. The Labute approximate surface area is 179 Å². The summed E-state index contributed by atoms with van der Waals surface area (Å²) in [4.78, 5) is 16.9. The summed E-state index contributed by atoms with van der Waals surface area (Å²) in [6.07, 6.45) is 0.592. The molecule has 0 saturated carbocycles. The summed E-state index contributed by atoms with van der Waals surface area (Å²) in [6.45, 7) is 11.5. The smallest absolute Gasteiger partial charge is 0.407 e. The monoisotopic (exact) mass is 417 g/mol. The molecule has 3 N–H and O–H groups in total. The number of aliphatic hydroxyl groups is 2. The minimum atomic E-state index is -0.979. The van der Waals surface area contributed by atoms with Crippen LogP contribution in [0, 0.1) is 0 Å². The highest BCUT2D eigenvalue weighted by molar-refractivity contribution is 5.68. The molecule has 30 heavy (non-hydrogen) atoms. The number of hydrogen-bond acceptors (Lipinski definition) is 5. The van der Waals surface area contributed by atoms with Crippen molar-refractivity contribution < 1.29 is 19.7 Å². The van der Waals surface area contributed by atoms with Crippen LogP contribution in [-0.2, 0) is 17.2 Å². The summed E-state index contributed by atoms with van der Waals surface area (Å²) in [7, 11) is 1.98. The van der Waals surface area contributed by atoms with E-state index in [1.807, 2.05) is 42.1 Å². The fourth-order valence-electron chi connectivity index (χ4n) is 3.29. The second kappa shape index (κ2) is 9.18. The van der Waals surface area contributed by atoms with E-state index in [-0.39, 0.29) is 18.4 Å². The number of aliphatic hydroxyl groups excluding tert-OH is 2. The third-order valence-corrected chi connectivity index (χ3v) is 4.62. The number of rotatable bonds is 6. The molecule has 7 heteroatoms. The number of alkyl carbamates (subject to hydrolysis) is 1. The van der Waals surface area contributed by atoms with E-state index in [1.54, 1.807) is 20.8 Å². The number of amides is 1. The summed E-state index contributed by atoms with van der Waals surface area (Å²) in [5, 5.41) is 22.8. The number of hydrogen-bond donors (Lipinski definition) is 3. The minimum Gasteiger partial charge on any atom is -0.444 e. The molecule has 0 aliphatic rings. The van der Waals surface area contributed by atoms with Crippen LogP contribution in [0.15, 0.2) is 30.5 Å². The van der Waals surface area contributed by atoms with Crippen LogP contribution < -0.4 is 5.32 Å². The lowest BCUT2D eigenvalue weighted by molar-refractivity contribution is 0.0397. The van der Waals surface area contributed by atoms with Crippen molar-refractivity contribution in [2.75, 3.05) is 6.61 Å². The quantitative estimate of drug-likeness (QED) is 0.666. The lowest BCUT2D eigenvalue weighted by Gasteiger charge is -2.26. The van der Waals surface area contributed by atoms with Gasteiger partial charge in [-0.25, -0.2) is 9.78 Å². The second-order valence-corrected chi connectivity index (χ2v) is 9.64. The fraction of sp³-hybridized carbons (Fsp3) is 0.565. The Morgan fingerprint density at radius 2 is 1.77 bits per heavy atom. The molecule has 1 amide bonds. The van der Waals surface area contributed by atoms with Gasteiger partial charge in [-0.3, -0.25) is 0 Å². The number of nitrogens with one attached hydrogen (secondary N) is 1. The molecular formula is C23H35N3O4. The Balaban J connectivity index is 2.18. The number of aryl methyl sites for hydroxylation is 1. The van der Waals surface area contributed by atoms with Crippen LogP contribution >= 0.6 is 0 Å². The molecule has 2 atom stereocenters. The van der Waals surface area contributed by atoms with E-state index in [4.69, 9.17) is 9.72 Å². The number of carbonyl (C=O) groups is 1. The van der Waals surface area contributed by atoms with E-state index < -0.39 is 23.8 Å². The SMILES string of the molecule is Cn1cc(-c2ccc(C(O)C(CCO)NC(=O)OC(C)(C)C)cc2)nc1C(C)(C)C. The summed E-state index contributed by atoms with van der Waals surface area (Å²) >= 11 is 0. The number of ether oxygens (including phenoxy) is 1. The lowest BCUT2D eigenvalue weighted by Crippen LogP contribution is -2.42. The molecule has 1 aromatic carbocycles. The molecule has 2 aromatic rings. The summed E-state index contributed by atoms with van der Waals surface area (Å²) in [5.74, 6) is 0.992. The standard InChI is InChI=1S/C23H35N3O4/c1-22(2,3)20-24-18(14-26(20)7)15-8-10-16(11-9-15)19(28)17(12-13-27)25-21(29)30-23(4,5)6/h8-11,14,17,19,27-28H,12-13H2,1-7H3,(H,25,29). The first-order valence-corrected chi connectivity index (χ1v) is 10.2. The van der Waals surface area contributed by atoms with Crippen molar-refractivity contribution in [3.05, 3.63) is 41.9 Å². The topological polar surface area (TPSA) is 96.6 Å². The Morgan fingerprint density at radius 3 is 2.23 bits per heavy atom. The predicted molar refractivity (Wildman–Crippen MR) is 117 cm³/mol. The molecule has 2 unspecified atom stereocenters. The minimum absolute atomic E-state index is 0.0615. The largest absolute Gasteiger partial charge is 0.444 e. The fourth-order valence-corrected chi connectivity index (χ4v) is 3.29. The van der Waals surface area contributed by atoms with Crippen LogP contribution in [0.25, 0.3) is 11.3 Å². The van der Waals surface area contributed by atoms with Gasteiger partial charge in [-0.05, 0) is 32.8 Å². The summed E-state index contributed by atoms with van der Waals surface area (Å²) in [6, 6.07) is 6.75. The highest BCUT2D eigenvalue weighted by Gasteiger charge is 2.26. The zero-order valence-corrected chi connectivity index (χ0v) is 19.1. The van der Waals surface area contributed by atoms with Gasteiger partial charge < -0.3 is 24.8 Å². The highest BCUT2D eigenvalue weighted by Crippen LogP contribution is 2.27. The third-order valence-electron chi connectivity index (χ3n) is 4.62. The number of carbonyl (C=O) groups excluding carboxylic acids is 1. The van der Waals surface area contributed by atoms with Crippen molar-refractivity contribution in [1.82, 2.24) is 14.9 Å². The van der Waals surface area contributed by atoms with Gasteiger partial charge in [-0.2, -0.15) is 0 Å². The molecule has 0 spiro atoms. The first kappa shape index (κ1) is 23.9. The van der Waals surface area contributed by atoms with E-state index in [2.05, 4.69) is 26.1 Å². The van der Waals surface area contributed by atoms with E-state index in [9.17, 15) is 15.0 Å². The lowest BCUT2D eigenvalue weighted by atomic mass is 9.96. The van der Waals surface area contributed by atoms with Gasteiger partial charge in [0.25, 0.3) is 0 Å². The van der Waals surface area contributed by atoms with Gasteiger partial charge in [0.1, 0.15) is 11.4 Å². The van der Waals surface area contributed by atoms with Gasteiger partial charge in [0.05, 0.1) is 17.8 Å². The maximum atomic E-state index is 12.1. The zero-order chi connectivity index (χ0) is 22.7. The molecule has 0 aliphatic heterocycles. The normalized spacial score (nSPS) is 14.3. The summed E-state index contributed by atoms with van der Waals surface area (Å²) < 4.78 is 7.29. The van der Waals surface area contributed by atoms with Crippen molar-refractivity contribution in [2.45, 2.75) is 71.1 Å². The van der Waals surface area contributed by atoms with Gasteiger partial charge in [-0.15, -0.1) is 0 Å². The third kappa shape index (κ3) is 6.31. The Bertz CT molecular complexity index is 845. The maximum absolute atomic E-state index is 12.1. The van der Waals surface area contributed by atoms with Gasteiger partial charge in [-0.1, -0.05) is 45.0 Å². The molecule has 1 aromatic heterocycles. The van der Waals surface area contributed by atoms with Crippen molar-refractivity contribution in [1.29, 1.82) is 0 Å². The van der Waals surface area contributed by atoms with Crippen molar-refractivity contribution in [3.8, 4) is 11.3 Å². The average Bonchev–Trinajstić information content (AvgIpc) is 3.01. The van der Waals surface area contributed by atoms with Crippen LogP contribution in [0.2, 0.25) is 0 Å². The van der Waals surface area contributed by atoms with Crippen LogP contribution in [-0.4, -0.2) is 44.1 Å². The van der Waals surface area contributed by atoms with Crippen molar-refractivity contribution in [2.24, 2.45) is 7.05 Å². The first-order valence-electron chi connectivity index (χ1n) is 10.2. The molecular weight excluding hydrogens is 382 g/mol. The highest BCUT2D eigenvalue weighted by atomic mass is 16.6. The Kier molecular flexibility index (Phi) is 7.31. The zero-order valence-electron chi connectivity index (χ0n) is 19.1. The molecule has 166 valence electrons.